The summed E-state index contributed by atoms with van der Waals surface area (Å²) in [6.45, 7) is 2.57. The molecule has 3 heteroatoms. The highest BCUT2D eigenvalue weighted by atomic mass is 15.2. The molecule has 1 heterocycles. The van der Waals surface area contributed by atoms with Crippen molar-refractivity contribution in [2.75, 3.05) is 13.6 Å². The van der Waals surface area contributed by atoms with Gasteiger partial charge in [-0.1, -0.05) is 0 Å². The Balaban J connectivity index is 2.82. The van der Waals surface area contributed by atoms with E-state index in [1.807, 2.05) is 24.9 Å². The van der Waals surface area contributed by atoms with E-state index in [0.717, 1.165) is 0 Å². The van der Waals surface area contributed by atoms with Crippen LogP contribution in [-0.4, -0.2) is 29.9 Å². The van der Waals surface area contributed by atoms with Crippen LogP contribution >= 0.6 is 0 Å². The zero-order valence-electron chi connectivity index (χ0n) is 6.39. The van der Waals surface area contributed by atoms with Gasteiger partial charge in [-0.25, -0.2) is 0 Å². The largest absolute Gasteiger partial charge is 0.310 e. The number of nitrogens with zero attached hydrogens (tertiary/aromatic N) is 1. The first-order valence-corrected chi connectivity index (χ1v) is 3.29. The molecule has 0 spiro atoms. The Morgan fingerprint density at radius 3 is 2.80 bits per heavy atom. The molecule has 10 heavy (non-hydrogen) atoms. The van der Waals surface area contributed by atoms with Crippen molar-refractivity contribution in [2.45, 2.75) is 12.6 Å². The van der Waals surface area contributed by atoms with Gasteiger partial charge in [0.2, 0.25) is 0 Å². The van der Waals surface area contributed by atoms with Crippen molar-refractivity contribution in [2.24, 2.45) is 5.73 Å². The van der Waals surface area contributed by atoms with Gasteiger partial charge in [0, 0.05) is 12.3 Å². The first-order chi connectivity index (χ1) is 4.52. The van der Waals surface area contributed by atoms with E-state index in [-0.39, 0.29) is 5.66 Å². The van der Waals surface area contributed by atoms with E-state index in [1.165, 1.54) is 0 Å². The molecule has 1 atom stereocenters. The summed E-state index contributed by atoms with van der Waals surface area (Å²) >= 11 is 0. The van der Waals surface area contributed by atoms with Gasteiger partial charge in [0.1, 0.15) is 0 Å². The van der Waals surface area contributed by atoms with Crippen LogP contribution in [0.4, 0.5) is 0 Å². The Bertz CT molecular complexity index is 181. The number of nitrogens with two attached hydrogens (primary N) is 1. The molecule has 1 aliphatic rings. The smallest absolute Gasteiger partial charge is 0.0854 e. The van der Waals surface area contributed by atoms with Gasteiger partial charge in [0.05, 0.1) is 5.66 Å². The van der Waals surface area contributed by atoms with Crippen molar-refractivity contribution in [1.29, 1.82) is 5.41 Å². The summed E-state index contributed by atoms with van der Waals surface area (Å²) in [4.78, 5) is 1.94. The van der Waals surface area contributed by atoms with Crippen LogP contribution in [0.25, 0.3) is 0 Å². The number of hydrogen-bond donors (Lipinski definition) is 2. The highest BCUT2D eigenvalue weighted by Gasteiger charge is 2.24. The van der Waals surface area contributed by atoms with Crippen molar-refractivity contribution < 1.29 is 0 Å². The monoisotopic (exact) mass is 139 g/mol. The number of rotatable bonds is 0. The van der Waals surface area contributed by atoms with Gasteiger partial charge in [-0.3, -0.25) is 4.90 Å². The Kier molecular flexibility index (Phi) is 1.62. The second-order valence-electron chi connectivity index (χ2n) is 2.94. The third-order valence-electron chi connectivity index (χ3n) is 1.85. The molecule has 0 radical (unpaired) electrons. The molecule has 0 saturated carbocycles. The summed E-state index contributed by atoms with van der Waals surface area (Å²) in [7, 11) is 1.91. The minimum Gasteiger partial charge on any atom is -0.310 e. The lowest BCUT2D eigenvalue weighted by atomic mass is 10.1. The molecule has 0 amide bonds. The predicted molar refractivity (Wildman–Crippen MR) is 42.1 cm³/mol. The zero-order valence-corrected chi connectivity index (χ0v) is 6.39. The number of likely N-dealkylation sites (N-methyl/N-ethyl adjacent to an activating group) is 1. The fraction of sp³-hybridized carbons (Fsp3) is 0.571. The minimum absolute atomic E-state index is 0.370. The van der Waals surface area contributed by atoms with Gasteiger partial charge >= 0.3 is 0 Å². The van der Waals surface area contributed by atoms with Gasteiger partial charge in [0.15, 0.2) is 0 Å². The Morgan fingerprint density at radius 1 is 1.80 bits per heavy atom. The third kappa shape index (κ3) is 1.25. The number of hydrogen-bond acceptors (Lipinski definition) is 3. The molecule has 0 fully saturated rings. The van der Waals surface area contributed by atoms with E-state index in [1.54, 1.807) is 6.08 Å². The maximum atomic E-state index is 7.31. The lowest BCUT2D eigenvalue weighted by molar-refractivity contribution is 0.215. The molecular formula is C7H13N3. The van der Waals surface area contributed by atoms with Crippen LogP contribution in [0.5, 0.6) is 0 Å². The van der Waals surface area contributed by atoms with Crippen molar-refractivity contribution in [3.63, 3.8) is 0 Å². The first kappa shape index (κ1) is 7.44. The second-order valence-corrected chi connectivity index (χ2v) is 2.94. The maximum absolute atomic E-state index is 7.31. The van der Waals surface area contributed by atoms with Gasteiger partial charge in [-0.05, 0) is 26.1 Å². The van der Waals surface area contributed by atoms with Crippen molar-refractivity contribution >= 4 is 5.71 Å². The zero-order chi connectivity index (χ0) is 7.78. The lowest BCUT2D eigenvalue weighted by Crippen LogP contribution is -2.53. The fourth-order valence-electron chi connectivity index (χ4n) is 0.875. The van der Waals surface area contributed by atoms with Crippen molar-refractivity contribution in [1.82, 2.24) is 4.90 Å². The molecular weight excluding hydrogens is 126 g/mol. The van der Waals surface area contributed by atoms with E-state index in [0.29, 0.717) is 12.3 Å². The van der Waals surface area contributed by atoms with E-state index >= 15 is 0 Å². The minimum atomic E-state index is -0.370. The quantitative estimate of drug-likeness (QED) is 0.503. The summed E-state index contributed by atoms with van der Waals surface area (Å²) in [5.74, 6) is 0. The van der Waals surface area contributed by atoms with Crippen LogP contribution in [0.15, 0.2) is 12.2 Å². The lowest BCUT2D eigenvalue weighted by Gasteiger charge is -2.35. The van der Waals surface area contributed by atoms with Gasteiger partial charge < -0.3 is 11.1 Å². The highest BCUT2D eigenvalue weighted by molar-refractivity contribution is 5.95. The first-order valence-electron chi connectivity index (χ1n) is 3.29. The SMILES string of the molecule is CN1CC(=N)C=CC1(C)N. The molecule has 0 aromatic heterocycles. The van der Waals surface area contributed by atoms with Crippen LogP contribution in [-0.2, 0) is 0 Å². The molecule has 0 bridgehead atoms. The Morgan fingerprint density at radius 2 is 2.40 bits per heavy atom. The Hall–Kier alpha value is -0.670. The normalized spacial score (nSPS) is 34.9. The fourth-order valence-corrected chi connectivity index (χ4v) is 0.875. The summed E-state index contributed by atoms with van der Waals surface area (Å²) in [5.41, 5.74) is 6.07. The van der Waals surface area contributed by atoms with E-state index in [2.05, 4.69) is 0 Å². The van der Waals surface area contributed by atoms with Crippen LogP contribution in [0.2, 0.25) is 0 Å². The van der Waals surface area contributed by atoms with Crippen LogP contribution in [0.3, 0.4) is 0 Å². The average Bonchev–Trinajstić information content (AvgIpc) is 1.81. The third-order valence-corrected chi connectivity index (χ3v) is 1.85. The summed E-state index contributed by atoms with van der Waals surface area (Å²) in [6.07, 6.45) is 3.61. The topological polar surface area (TPSA) is 53.1 Å². The molecule has 0 saturated heterocycles. The maximum Gasteiger partial charge on any atom is 0.0854 e. The van der Waals surface area contributed by atoms with Gasteiger partial charge in [-0.2, -0.15) is 0 Å². The molecule has 0 aromatic rings. The molecule has 3 nitrogen and oxygen atoms in total. The molecule has 0 aromatic carbocycles. The molecule has 0 aliphatic carbocycles. The molecule has 1 rings (SSSR count). The summed E-state index contributed by atoms with van der Waals surface area (Å²) in [5, 5.41) is 7.31. The average molecular weight is 139 g/mol. The van der Waals surface area contributed by atoms with Gasteiger partial charge in [-0.15, -0.1) is 0 Å². The van der Waals surface area contributed by atoms with E-state index < -0.39 is 0 Å². The van der Waals surface area contributed by atoms with Crippen LogP contribution in [0, 0.1) is 5.41 Å². The summed E-state index contributed by atoms with van der Waals surface area (Å²) < 4.78 is 0. The molecule has 3 N–H and O–H groups in total. The van der Waals surface area contributed by atoms with Crippen molar-refractivity contribution in [3.05, 3.63) is 12.2 Å². The molecule has 1 unspecified atom stereocenters. The molecule has 1 aliphatic heterocycles. The van der Waals surface area contributed by atoms with Gasteiger partial charge in [0.25, 0.3) is 0 Å². The highest BCUT2D eigenvalue weighted by Crippen LogP contribution is 2.11. The standard InChI is InChI=1S/C7H13N3/c1-7(9)4-3-6(8)5-10(7)2/h3-4,8H,5,9H2,1-2H3. The van der Waals surface area contributed by atoms with Crippen LogP contribution < -0.4 is 5.73 Å². The number of nitrogens with one attached hydrogen (secondary N) is 1. The Labute approximate surface area is 61.0 Å². The predicted octanol–water partition coefficient (Wildman–Crippen LogP) is 0.183. The second kappa shape index (κ2) is 2.18. The molecule has 56 valence electrons. The van der Waals surface area contributed by atoms with Crippen LogP contribution in [0.1, 0.15) is 6.92 Å². The van der Waals surface area contributed by atoms with E-state index in [4.69, 9.17) is 11.1 Å². The van der Waals surface area contributed by atoms with E-state index in [9.17, 15) is 0 Å². The van der Waals surface area contributed by atoms with Crippen molar-refractivity contribution in [3.8, 4) is 0 Å². The summed E-state index contributed by atoms with van der Waals surface area (Å²) in [6, 6.07) is 0.